The van der Waals surface area contributed by atoms with E-state index >= 15 is 0 Å². The van der Waals surface area contributed by atoms with Crippen LogP contribution in [-0.4, -0.2) is 29.0 Å². The summed E-state index contributed by atoms with van der Waals surface area (Å²) in [4.78, 5) is 11.9. The van der Waals surface area contributed by atoms with E-state index in [9.17, 15) is 4.79 Å². The summed E-state index contributed by atoms with van der Waals surface area (Å²) < 4.78 is 13.9. The molecule has 6 heteroatoms. The molecule has 5 nitrogen and oxygen atoms in total. The summed E-state index contributed by atoms with van der Waals surface area (Å²) in [7, 11) is 0. The molecule has 0 aliphatic carbocycles. The van der Waals surface area contributed by atoms with E-state index < -0.39 is 5.97 Å². The van der Waals surface area contributed by atoms with E-state index in [0.717, 1.165) is 34.3 Å². The first-order chi connectivity index (χ1) is 12.5. The van der Waals surface area contributed by atoms with Gasteiger partial charge in [0.25, 0.3) is 0 Å². The van der Waals surface area contributed by atoms with Crippen LogP contribution in [0.3, 0.4) is 0 Å². The molecule has 1 aromatic heterocycles. The molecular weight excluding hydrogens is 396 g/mol. The standard InChI is InChI=1S/C20H27BrN2O3/c1-5-15(6-2)13-26-19-9-8-17(21)11-16(19)12-23-14(4)10-18(22-23)20(24)25-7-3/h8-11,15H,5-7,12-13H2,1-4H3. The Kier molecular flexibility index (Phi) is 7.69. The number of ether oxygens (including phenoxy) is 2. The quantitative estimate of drug-likeness (QED) is 0.533. The first-order valence-electron chi connectivity index (χ1n) is 9.11. The summed E-state index contributed by atoms with van der Waals surface area (Å²) in [6.07, 6.45) is 2.20. The second kappa shape index (κ2) is 9.76. The Morgan fingerprint density at radius 1 is 1.23 bits per heavy atom. The van der Waals surface area contributed by atoms with Gasteiger partial charge in [-0.2, -0.15) is 5.10 Å². The van der Waals surface area contributed by atoms with Crippen LogP contribution in [0.1, 0.15) is 55.4 Å². The smallest absolute Gasteiger partial charge is 0.358 e. The summed E-state index contributed by atoms with van der Waals surface area (Å²) >= 11 is 3.53. The van der Waals surface area contributed by atoms with Crippen molar-refractivity contribution in [2.75, 3.05) is 13.2 Å². The predicted octanol–water partition coefficient (Wildman–Crippen LogP) is 4.99. The number of esters is 1. The van der Waals surface area contributed by atoms with Crippen molar-refractivity contribution in [3.63, 3.8) is 0 Å². The summed E-state index contributed by atoms with van der Waals surface area (Å²) in [5.74, 6) is 1.01. The molecule has 0 atom stereocenters. The minimum atomic E-state index is -0.395. The highest BCUT2D eigenvalue weighted by atomic mass is 79.9. The van der Waals surface area contributed by atoms with Gasteiger partial charge in [-0.25, -0.2) is 4.79 Å². The number of halogens is 1. The Hall–Kier alpha value is -1.82. The molecule has 26 heavy (non-hydrogen) atoms. The number of hydrogen-bond donors (Lipinski definition) is 0. The molecular formula is C20H27BrN2O3. The molecule has 2 aromatic rings. The second-order valence-corrected chi connectivity index (χ2v) is 7.21. The van der Waals surface area contributed by atoms with Crippen molar-refractivity contribution >= 4 is 21.9 Å². The molecule has 0 N–H and O–H groups in total. The highest BCUT2D eigenvalue weighted by Gasteiger charge is 2.15. The molecule has 0 fully saturated rings. The lowest BCUT2D eigenvalue weighted by molar-refractivity contribution is 0.0518. The van der Waals surface area contributed by atoms with E-state index in [1.165, 1.54) is 0 Å². The van der Waals surface area contributed by atoms with Gasteiger partial charge in [0.05, 0.1) is 19.8 Å². The van der Waals surface area contributed by atoms with Crippen LogP contribution in [0.15, 0.2) is 28.7 Å². The van der Waals surface area contributed by atoms with Gasteiger partial charge in [0, 0.05) is 15.7 Å². The molecule has 2 rings (SSSR count). The van der Waals surface area contributed by atoms with Crippen LogP contribution in [0.25, 0.3) is 0 Å². The lowest BCUT2D eigenvalue weighted by Crippen LogP contribution is -2.13. The number of aromatic nitrogens is 2. The van der Waals surface area contributed by atoms with Crippen molar-refractivity contribution in [3.8, 4) is 5.75 Å². The van der Waals surface area contributed by atoms with Crippen LogP contribution < -0.4 is 4.74 Å². The highest BCUT2D eigenvalue weighted by Crippen LogP contribution is 2.26. The third-order valence-electron chi connectivity index (χ3n) is 4.44. The van der Waals surface area contributed by atoms with Crippen molar-refractivity contribution in [2.24, 2.45) is 5.92 Å². The third-order valence-corrected chi connectivity index (χ3v) is 4.93. The average Bonchev–Trinajstić information content (AvgIpc) is 2.98. The van der Waals surface area contributed by atoms with Gasteiger partial charge in [0.1, 0.15) is 5.75 Å². The Bertz CT molecular complexity index is 739. The molecule has 1 aromatic carbocycles. The van der Waals surface area contributed by atoms with Gasteiger partial charge in [0.2, 0.25) is 0 Å². The van der Waals surface area contributed by atoms with Crippen LogP contribution in [0.5, 0.6) is 5.75 Å². The van der Waals surface area contributed by atoms with E-state index in [4.69, 9.17) is 9.47 Å². The average molecular weight is 423 g/mol. The first kappa shape index (κ1) is 20.5. The zero-order valence-electron chi connectivity index (χ0n) is 15.9. The van der Waals surface area contributed by atoms with Crippen molar-refractivity contribution in [2.45, 2.75) is 47.1 Å². The fourth-order valence-corrected chi connectivity index (χ4v) is 3.09. The van der Waals surface area contributed by atoms with E-state index in [1.807, 2.05) is 25.1 Å². The summed E-state index contributed by atoms with van der Waals surface area (Å²) in [5.41, 5.74) is 2.25. The summed E-state index contributed by atoms with van der Waals surface area (Å²) in [6, 6.07) is 7.74. The maximum atomic E-state index is 11.9. The molecule has 0 amide bonds. The van der Waals surface area contributed by atoms with Gasteiger partial charge in [-0.3, -0.25) is 4.68 Å². The number of carbonyl (C=O) groups is 1. The minimum Gasteiger partial charge on any atom is -0.493 e. The predicted molar refractivity (Wildman–Crippen MR) is 106 cm³/mol. The molecule has 0 saturated heterocycles. The van der Waals surface area contributed by atoms with Gasteiger partial charge in [-0.05, 0) is 44.0 Å². The first-order valence-corrected chi connectivity index (χ1v) is 9.90. The van der Waals surface area contributed by atoms with Crippen LogP contribution in [0.2, 0.25) is 0 Å². The lowest BCUT2D eigenvalue weighted by atomic mass is 10.1. The van der Waals surface area contributed by atoms with Gasteiger partial charge < -0.3 is 9.47 Å². The van der Waals surface area contributed by atoms with E-state index in [0.29, 0.717) is 31.4 Å². The molecule has 0 saturated carbocycles. The Labute approximate surface area is 163 Å². The van der Waals surface area contributed by atoms with Crippen LogP contribution in [0.4, 0.5) is 0 Å². The van der Waals surface area contributed by atoms with Crippen LogP contribution >= 0.6 is 15.9 Å². The zero-order valence-corrected chi connectivity index (χ0v) is 17.5. The minimum absolute atomic E-state index is 0.332. The molecule has 0 spiro atoms. The van der Waals surface area contributed by atoms with Gasteiger partial charge in [-0.15, -0.1) is 0 Å². The topological polar surface area (TPSA) is 53.4 Å². The van der Waals surface area contributed by atoms with Crippen molar-refractivity contribution < 1.29 is 14.3 Å². The number of hydrogen-bond acceptors (Lipinski definition) is 4. The zero-order chi connectivity index (χ0) is 19.1. The number of aryl methyl sites for hydroxylation is 1. The van der Waals surface area contributed by atoms with Crippen molar-refractivity contribution in [3.05, 3.63) is 45.7 Å². The molecule has 0 aliphatic heterocycles. The Morgan fingerprint density at radius 2 is 1.96 bits per heavy atom. The van der Waals surface area contributed by atoms with E-state index in [1.54, 1.807) is 17.7 Å². The third kappa shape index (κ3) is 5.34. The molecule has 142 valence electrons. The molecule has 0 aliphatic rings. The SMILES string of the molecule is CCOC(=O)c1cc(C)n(Cc2cc(Br)ccc2OCC(CC)CC)n1. The Balaban J connectivity index is 2.20. The Morgan fingerprint density at radius 3 is 2.62 bits per heavy atom. The van der Waals surface area contributed by atoms with Crippen molar-refractivity contribution in [1.29, 1.82) is 0 Å². The highest BCUT2D eigenvalue weighted by molar-refractivity contribution is 9.10. The molecule has 0 unspecified atom stereocenters. The maximum absolute atomic E-state index is 11.9. The van der Waals surface area contributed by atoms with E-state index in [-0.39, 0.29) is 0 Å². The summed E-state index contributed by atoms with van der Waals surface area (Å²) in [5, 5.41) is 4.39. The summed E-state index contributed by atoms with van der Waals surface area (Å²) in [6.45, 7) is 9.65. The number of nitrogens with zero attached hydrogens (tertiary/aromatic N) is 2. The molecule has 1 heterocycles. The van der Waals surface area contributed by atoms with E-state index in [2.05, 4.69) is 34.9 Å². The second-order valence-electron chi connectivity index (χ2n) is 6.29. The normalized spacial score (nSPS) is 11.0. The van der Waals surface area contributed by atoms with Crippen LogP contribution in [-0.2, 0) is 11.3 Å². The largest absolute Gasteiger partial charge is 0.493 e. The van der Waals surface area contributed by atoms with Gasteiger partial charge in [0.15, 0.2) is 5.69 Å². The fraction of sp³-hybridized carbons (Fsp3) is 0.500. The number of rotatable bonds is 9. The van der Waals surface area contributed by atoms with Gasteiger partial charge in [-0.1, -0.05) is 42.6 Å². The van der Waals surface area contributed by atoms with Gasteiger partial charge >= 0.3 is 5.97 Å². The van der Waals surface area contributed by atoms with Crippen LogP contribution in [0, 0.1) is 12.8 Å². The molecule has 0 radical (unpaired) electrons. The van der Waals surface area contributed by atoms with Crippen molar-refractivity contribution in [1.82, 2.24) is 9.78 Å². The lowest BCUT2D eigenvalue weighted by Gasteiger charge is -2.17. The maximum Gasteiger partial charge on any atom is 0.358 e. The molecule has 0 bridgehead atoms. The number of benzene rings is 1. The monoisotopic (exact) mass is 422 g/mol. The number of carbonyl (C=O) groups excluding carboxylic acids is 1. The fourth-order valence-electron chi connectivity index (χ4n) is 2.68.